The van der Waals surface area contributed by atoms with Gasteiger partial charge in [0.1, 0.15) is 12.2 Å². The van der Waals surface area contributed by atoms with Crippen molar-refractivity contribution in [3.8, 4) is 0 Å². The Bertz CT molecular complexity index is 1020. The van der Waals surface area contributed by atoms with Crippen molar-refractivity contribution in [1.82, 2.24) is 14.6 Å². The number of rotatable bonds is 22. The summed E-state index contributed by atoms with van der Waals surface area (Å²) in [7, 11) is 0. The molecule has 2 rings (SSSR count). The summed E-state index contributed by atoms with van der Waals surface area (Å²) in [5.74, 6) is -3.24. The smallest absolute Gasteiger partial charge is 0.332 e. The number of nitrogens with zero attached hydrogens (tertiary/aromatic N) is 2. The fourth-order valence-corrected chi connectivity index (χ4v) is 5.67. The largest absolute Gasteiger partial charge is 0.394 e. The average molecular weight is 604 g/mol. The third-order valence-corrected chi connectivity index (χ3v) is 8.26. The van der Waals surface area contributed by atoms with Crippen molar-refractivity contribution < 1.29 is 34.8 Å². The molecule has 1 aliphatic heterocycles. The highest BCUT2D eigenvalue weighted by atomic mass is 19.1. The van der Waals surface area contributed by atoms with Gasteiger partial charge < -0.3 is 30.4 Å². The van der Waals surface area contributed by atoms with Gasteiger partial charge in [-0.05, 0) is 19.3 Å². The highest BCUT2D eigenvalue weighted by molar-refractivity contribution is 5.10. The van der Waals surface area contributed by atoms with E-state index in [1.54, 1.807) is 6.92 Å². The third-order valence-electron chi connectivity index (χ3n) is 8.26. The van der Waals surface area contributed by atoms with Crippen LogP contribution in [0.3, 0.4) is 0 Å². The summed E-state index contributed by atoms with van der Waals surface area (Å²) in [5, 5.41) is 53.5. The van der Waals surface area contributed by atoms with Gasteiger partial charge in [0.05, 0.1) is 6.61 Å². The lowest BCUT2D eigenvalue weighted by Crippen LogP contribution is -2.69. The summed E-state index contributed by atoms with van der Waals surface area (Å²) in [5.41, 5.74) is -5.18. The molecule has 0 amide bonds. The minimum atomic E-state index is -3.29. The molecular formula is C30H54FN3O8. The zero-order valence-corrected chi connectivity index (χ0v) is 25.5. The Morgan fingerprint density at radius 3 is 1.90 bits per heavy atom. The van der Waals surface area contributed by atoms with E-state index >= 15 is 4.39 Å². The number of aromatic nitrogens is 2. The first-order valence-corrected chi connectivity index (χ1v) is 16.0. The van der Waals surface area contributed by atoms with Gasteiger partial charge in [0.2, 0.25) is 5.72 Å². The number of ether oxygens (including phenoxy) is 1. The van der Waals surface area contributed by atoms with Crippen LogP contribution in [0.4, 0.5) is 4.39 Å². The van der Waals surface area contributed by atoms with Gasteiger partial charge >= 0.3 is 11.6 Å². The molecule has 1 saturated heterocycles. The fraction of sp³-hybridized carbons (Fsp3) is 0.867. The molecule has 0 spiro atoms. The first-order valence-electron chi connectivity index (χ1n) is 16.0. The topological polar surface area (TPSA) is 168 Å². The van der Waals surface area contributed by atoms with E-state index in [2.05, 4.69) is 6.92 Å². The molecule has 2 heterocycles. The van der Waals surface area contributed by atoms with E-state index in [1.807, 2.05) is 4.98 Å². The number of unbranched alkanes of at least 4 members (excludes halogenated alkanes) is 14. The molecule has 6 N–H and O–H groups in total. The lowest BCUT2D eigenvalue weighted by atomic mass is 9.99. The highest BCUT2D eigenvalue weighted by Gasteiger charge is 2.71. The van der Waals surface area contributed by atoms with Gasteiger partial charge in [0.15, 0.2) is 6.30 Å². The van der Waals surface area contributed by atoms with Crippen molar-refractivity contribution in [2.24, 2.45) is 0 Å². The van der Waals surface area contributed by atoms with Crippen LogP contribution in [0.2, 0.25) is 0 Å². The second kappa shape index (κ2) is 18.2. The highest BCUT2D eigenvalue weighted by Crippen LogP contribution is 2.44. The van der Waals surface area contributed by atoms with E-state index < -0.39 is 48.0 Å². The van der Waals surface area contributed by atoms with Crippen LogP contribution < -0.4 is 11.2 Å². The van der Waals surface area contributed by atoms with Crippen LogP contribution in [0.1, 0.15) is 129 Å². The summed E-state index contributed by atoms with van der Waals surface area (Å²) in [6, 6.07) is 0. The van der Waals surface area contributed by atoms with Crippen molar-refractivity contribution in [3.05, 3.63) is 32.6 Å². The second-order valence-electron chi connectivity index (χ2n) is 11.7. The fourth-order valence-electron chi connectivity index (χ4n) is 5.67. The predicted octanol–water partition coefficient (Wildman–Crippen LogP) is 3.78. The maximum Gasteiger partial charge on any atom is 0.332 e. The van der Waals surface area contributed by atoms with Gasteiger partial charge in [-0.1, -0.05) is 110 Å². The van der Waals surface area contributed by atoms with Crippen LogP contribution in [0.5, 0.6) is 0 Å². The summed E-state index contributed by atoms with van der Waals surface area (Å²) in [6.45, 7) is 3.08. The van der Waals surface area contributed by atoms with E-state index in [0.717, 1.165) is 25.5 Å². The minimum absolute atomic E-state index is 0.0532. The molecular weight excluding hydrogens is 549 g/mol. The first kappa shape index (κ1) is 36.5. The Kier molecular flexibility index (Phi) is 15.8. The Morgan fingerprint density at radius 1 is 0.929 bits per heavy atom. The van der Waals surface area contributed by atoms with E-state index in [4.69, 9.17) is 4.74 Å². The van der Waals surface area contributed by atoms with Crippen molar-refractivity contribution >= 4 is 0 Å². The molecule has 0 saturated carbocycles. The van der Waals surface area contributed by atoms with Gasteiger partial charge in [-0.2, -0.15) is 0 Å². The van der Waals surface area contributed by atoms with Crippen molar-refractivity contribution in [2.45, 2.75) is 160 Å². The lowest BCUT2D eigenvalue weighted by Gasteiger charge is -2.43. The minimum Gasteiger partial charge on any atom is -0.394 e. The number of alkyl halides is 1. The maximum atomic E-state index is 15.2. The van der Waals surface area contributed by atoms with E-state index in [9.17, 15) is 35.2 Å². The molecule has 0 aliphatic carbocycles. The Morgan fingerprint density at radius 2 is 1.43 bits per heavy atom. The number of halogens is 1. The SMILES string of the molecule is CCCCCCCCCCCCCCCCCC(F)N(O)[C@@]1(O)[C@H](O)[C@@H](CO)O[C@]1(O)n1cc(CCC)c(=O)[nH]c1=O. The molecule has 5 atom stereocenters. The quantitative estimate of drug-likeness (QED) is 0.0500. The average Bonchev–Trinajstić information content (AvgIpc) is 3.17. The number of hydrogen-bond donors (Lipinski definition) is 6. The number of aromatic amines is 1. The normalized spacial score (nSPS) is 25.0. The summed E-state index contributed by atoms with van der Waals surface area (Å²) in [4.78, 5) is 26.8. The number of H-pyrrole nitrogens is 1. The number of aryl methyl sites for hydroxylation is 1. The molecule has 1 unspecified atom stereocenters. The number of hydroxylamine groups is 2. The van der Waals surface area contributed by atoms with E-state index in [0.29, 0.717) is 23.8 Å². The number of aliphatic hydroxyl groups excluding tert-OH is 2. The number of nitrogens with one attached hydrogen (secondary N) is 1. The summed E-state index contributed by atoms with van der Waals surface area (Å²) >= 11 is 0. The Balaban J connectivity index is 1.87. The molecule has 12 heteroatoms. The predicted molar refractivity (Wildman–Crippen MR) is 156 cm³/mol. The molecule has 0 bridgehead atoms. The number of aliphatic hydroxyl groups is 4. The van der Waals surface area contributed by atoms with Crippen LogP contribution in [-0.4, -0.2) is 71.1 Å². The van der Waals surface area contributed by atoms with E-state index in [-0.39, 0.29) is 23.5 Å². The first-order chi connectivity index (χ1) is 20.1. The summed E-state index contributed by atoms with van der Waals surface area (Å²) < 4.78 is 20.9. The van der Waals surface area contributed by atoms with Crippen LogP contribution >= 0.6 is 0 Å². The van der Waals surface area contributed by atoms with Crippen molar-refractivity contribution in [2.75, 3.05) is 6.61 Å². The molecule has 244 valence electrons. The van der Waals surface area contributed by atoms with Crippen LogP contribution in [0, 0.1) is 0 Å². The molecule has 1 fully saturated rings. The molecule has 1 aromatic rings. The molecule has 1 aromatic heterocycles. The zero-order chi connectivity index (χ0) is 31.2. The molecule has 11 nitrogen and oxygen atoms in total. The van der Waals surface area contributed by atoms with Gasteiger partial charge in [-0.15, -0.1) is 5.06 Å². The summed E-state index contributed by atoms with van der Waals surface area (Å²) in [6.07, 6.45) is 12.2. The van der Waals surface area contributed by atoms with Gasteiger partial charge in [0.25, 0.3) is 5.56 Å². The van der Waals surface area contributed by atoms with Gasteiger partial charge in [-0.25, -0.2) is 13.8 Å². The Hall–Kier alpha value is -1.67. The van der Waals surface area contributed by atoms with Crippen LogP contribution in [0.15, 0.2) is 15.8 Å². The molecule has 1 aliphatic rings. The van der Waals surface area contributed by atoms with Gasteiger partial charge in [0, 0.05) is 11.8 Å². The third kappa shape index (κ3) is 9.17. The number of hydrogen-bond acceptors (Lipinski definition) is 9. The monoisotopic (exact) mass is 603 g/mol. The zero-order valence-electron chi connectivity index (χ0n) is 25.5. The van der Waals surface area contributed by atoms with Gasteiger partial charge in [-0.3, -0.25) is 9.78 Å². The Labute approximate surface area is 248 Å². The van der Waals surface area contributed by atoms with Crippen molar-refractivity contribution in [3.63, 3.8) is 0 Å². The molecule has 42 heavy (non-hydrogen) atoms. The van der Waals surface area contributed by atoms with E-state index in [1.165, 1.54) is 64.2 Å². The van der Waals surface area contributed by atoms with Crippen molar-refractivity contribution in [1.29, 1.82) is 0 Å². The maximum absolute atomic E-state index is 15.2. The molecule has 0 aromatic carbocycles. The van der Waals surface area contributed by atoms with Crippen LogP contribution in [0.25, 0.3) is 0 Å². The second-order valence-corrected chi connectivity index (χ2v) is 11.7. The standard InChI is InChI=1S/C30H54FN3O8/c1-3-5-6-7-8-9-10-11-12-13-14-15-16-17-18-20-25(31)34(41)29(39)26(36)24(22-35)42-30(29,40)33-21-23(19-4-2)27(37)32-28(33)38/h21,24-26,35-36,39-41H,3-20,22H2,1-2H3,(H,32,37,38)/t24-,25?,26-,29-,30+/m1/s1. The molecule has 0 radical (unpaired) electrons. The van der Waals surface area contributed by atoms with Crippen LogP contribution in [-0.2, 0) is 17.1 Å². The lowest BCUT2D eigenvalue weighted by molar-refractivity contribution is -0.428.